The van der Waals surface area contributed by atoms with Crippen LogP contribution < -0.4 is 16.0 Å². The molecule has 1 aliphatic rings. The van der Waals surface area contributed by atoms with Crippen LogP contribution in [0.5, 0.6) is 0 Å². The largest absolute Gasteiger partial charge is 0.383 e. The van der Waals surface area contributed by atoms with Crippen molar-refractivity contribution in [2.24, 2.45) is 5.92 Å². The zero-order chi connectivity index (χ0) is 18.8. The summed E-state index contributed by atoms with van der Waals surface area (Å²) >= 11 is 0. The van der Waals surface area contributed by atoms with E-state index in [0.717, 1.165) is 30.6 Å². The molecule has 3 N–H and O–H groups in total. The Morgan fingerprint density at radius 1 is 1.26 bits per heavy atom. The van der Waals surface area contributed by atoms with Crippen molar-refractivity contribution in [3.63, 3.8) is 0 Å². The molecule has 8 heteroatoms. The first-order chi connectivity index (χ1) is 12.6. The molecule has 0 aliphatic carbocycles. The van der Waals surface area contributed by atoms with Crippen LogP contribution in [0.1, 0.15) is 18.4 Å². The lowest BCUT2D eigenvalue weighted by molar-refractivity contribution is -0.132. The molecular formula is C19H31ClN4O3. The lowest BCUT2D eigenvalue weighted by Gasteiger charge is -2.33. The molecule has 7 nitrogen and oxygen atoms in total. The van der Waals surface area contributed by atoms with Crippen LogP contribution in [0.25, 0.3) is 0 Å². The van der Waals surface area contributed by atoms with Crippen LogP contribution in [0.4, 0.5) is 10.5 Å². The molecule has 0 aromatic heterocycles. The first kappa shape index (κ1) is 23.2. The minimum Gasteiger partial charge on any atom is -0.383 e. The highest BCUT2D eigenvalue weighted by Crippen LogP contribution is 2.16. The van der Waals surface area contributed by atoms with Gasteiger partial charge in [-0.1, -0.05) is 17.7 Å². The molecule has 2 rings (SSSR count). The van der Waals surface area contributed by atoms with E-state index in [-0.39, 0.29) is 30.3 Å². The van der Waals surface area contributed by atoms with Crippen molar-refractivity contribution in [3.8, 4) is 0 Å². The molecule has 152 valence electrons. The highest BCUT2D eigenvalue weighted by molar-refractivity contribution is 5.89. The molecule has 1 unspecified atom stereocenters. The van der Waals surface area contributed by atoms with Crippen molar-refractivity contribution in [2.75, 3.05) is 51.8 Å². The number of halogens is 1. The second-order valence-corrected chi connectivity index (χ2v) is 6.72. The van der Waals surface area contributed by atoms with Gasteiger partial charge < -0.3 is 25.6 Å². The van der Waals surface area contributed by atoms with Crippen LogP contribution >= 0.6 is 12.4 Å². The Morgan fingerprint density at radius 2 is 2.00 bits per heavy atom. The van der Waals surface area contributed by atoms with Gasteiger partial charge in [0.15, 0.2) is 0 Å². The third-order valence-electron chi connectivity index (χ3n) is 4.49. The minimum atomic E-state index is -0.210. The molecule has 0 saturated carbocycles. The van der Waals surface area contributed by atoms with Gasteiger partial charge in [0.2, 0.25) is 5.91 Å². The summed E-state index contributed by atoms with van der Waals surface area (Å²) < 4.78 is 4.96. The van der Waals surface area contributed by atoms with E-state index in [0.29, 0.717) is 32.8 Å². The van der Waals surface area contributed by atoms with Gasteiger partial charge in [-0.25, -0.2) is 4.79 Å². The van der Waals surface area contributed by atoms with Crippen LogP contribution in [0.15, 0.2) is 24.3 Å². The van der Waals surface area contributed by atoms with Crippen molar-refractivity contribution in [1.29, 1.82) is 0 Å². The summed E-state index contributed by atoms with van der Waals surface area (Å²) in [6, 6.07) is 7.47. The molecule has 27 heavy (non-hydrogen) atoms. The summed E-state index contributed by atoms with van der Waals surface area (Å²) in [6.07, 6.45) is 1.99. The number of amides is 3. The van der Waals surface area contributed by atoms with Crippen molar-refractivity contribution >= 4 is 30.0 Å². The predicted octanol–water partition coefficient (Wildman–Crippen LogP) is 2.01. The Bertz CT molecular complexity index is 583. The van der Waals surface area contributed by atoms with Gasteiger partial charge in [0.25, 0.3) is 0 Å². The lowest BCUT2D eigenvalue weighted by Crippen LogP contribution is -2.47. The Hall–Kier alpha value is -1.83. The van der Waals surface area contributed by atoms with Gasteiger partial charge in [0.1, 0.15) is 0 Å². The summed E-state index contributed by atoms with van der Waals surface area (Å²) in [4.78, 5) is 26.2. The van der Waals surface area contributed by atoms with Crippen LogP contribution in [0, 0.1) is 12.8 Å². The van der Waals surface area contributed by atoms with Crippen LogP contribution in [0.2, 0.25) is 0 Å². The van der Waals surface area contributed by atoms with E-state index in [4.69, 9.17) is 4.74 Å². The normalized spacial score (nSPS) is 16.4. The average molecular weight is 399 g/mol. The fraction of sp³-hybridized carbons (Fsp3) is 0.579. The van der Waals surface area contributed by atoms with Gasteiger partial charge in [-0.15, -0.1) is 12.4 Å². The number of hydrogen-bond acceptors (Lipinski definition) is 4. The number of hydrogen-bond donors (Lipinski definition) is 3. The third kappa shape index (κ3) is 8.60. The number of aryl methyl sites for hydroxylation is 1. The number of nitrogens with zero attached hydrogens (tertiary/aromatic N) is 1. The van der Waals surface area contributed by atoms with Gasteiger partial charge in [-0.2, -0.15) is 0 Å². The first-order valence-corrected chi connectivity index (χ1v) is 9.17. The monoisotopic (exact) mass is 398 g/mol. The molecule has 3 amide bonds. The second-order valence-electron chi connectivity index (χ2n) is 6.72. The highest BCUT2D eigenvalue weighted by Gasteiger charge is 2.23. The maximum atomic E-state index is 12.2. The number of rotatable bonds is 8. The van der Waals surface area contributed by atoms with Gasteiger partial charge in [0, 0.05) is 39.0 Å². The summed E-state index contributed by atoms with van der Waals surface area (Å²) in [7, 11) is 1.64. The fourth-order valence-electron chi connectivity index (χ4n) is 2.99. The molecule has 1 aromatic rings. The smallest absolute Gasteiger partial charge is 0.319 e. The first-order valence-electron chi connectivity index (χ1n) is 9.17. The maximum absolute atomic E-state index is 12.2. The lowest BCUT2D eigenvalue weighted by atomic mass is 9.98. The number of urea groups is 1. The summed E-state index contributed by atoms with van der Waals surface area (Å²) in [6.45, 7) is 5.64. The molecule has 1 atom stereocenters. The van der Waals surface area contributed by atoms with Crippen molar-refractivity contribution in [3.05, 3.63) is 29.8 Å². The number of methoxy groups -OCH3 is 1. The zero-order valence-electron chi connectivity index (χ0n) is 16.1. The Balaban J connectivity index is 0.00000364. The number of carbonyl (C=O) groups excluding carboxylic acids is 2. The van der Waals surface area contributed by atoms with Gasteiger partial charge in [-0.05, 0) is 37.8 Å². The van der Waals surface area contributed by atoms with E-state index in [1.165, 1.54) is 0 Å². The van der Waals surface area contributed by atoms with Gasteiger partial charge in [-0.3, -0.25) is 4.79 Å². The highest BCUT2D eigenvalue weighted by atomic mass is 35.5. The summed E-state index contributed by atoms with van der Waals surface area (Å²) in [5.74, 6) is 0.394. The predicted molar refractivity (Wildman–Crippen MR) is 109 cm³/mol. The summed E-state index contributed by atoms with van der Waals surface area (Å²) in [5, 5.41) is 8.83. The molecule has 1 saturated heterocycles. The molecule has 0 spiro atoms. The maximum Gasteiger partial charge on any atom is 0.319 e. The van der Waals surface area contributed by atoms with E-state index >= 15 is 0 Å². The van der Waals surface area contributed by atoms with Crippen molar-refractivity contribution < 1.29 is 14.3 Å². The topological polar surface area (TPSA) is 82.7 Å². The minimum absolute atomic E-state index is 0. The molecule has 0 bridgehead atoms. The number of piperidine rings is 1. The average Bonchev–Trinajstić information content (AvgIpc) is 2.65. The standard InChI is InChI=1S/C19H30N4O3.ClH/c1-15-5-7-17(8-6-15)22-19(25)21-12-16-4-3-10-23(14-16)18(24)13-20-9-11-26-2;/h5-8,16,20H,3-4,9-14H2,1-2H3,(H2,21,22,25);1H. The van der Waals surface area contributed by atoms with E-state index in [9.17, 15) is 9.59 Å². The van der Waals surface area contributed by atoms with Gasteiger partial charge in [0.05, 0.1) is 13.2 Å². The van der Waals surface area contributed by atoms with Gasteiger partial charge >= 0.3 is 6.03 Å². The Morgan fingerprint density at radius 3 is 2.70 bits per heavy atom. The number of carbonyl (C=O) groups is 2. The number of nitrogens with one attached hydrogen (secondary N) is 3. The molecule has 1 fully saturated rings. The second kappa shape index (κ2) is 12.5. The molecule has 1 aliphatic heterocycles. The number of anilines is 1. The fourth-order valence-corrected chi connectivity index (χ4v) is 2.99. The summed E-state index contributed by atoms with van der Waals surface area (Å²) in [5.41, 5.74) is 1.93. The molecule has 1 aromatic carbocycles. The molecule has 1 heterocycles. The van der Waals surface area contributed by atoms with Crippen LogP contribution in [0.3, 0.4) is 0 Å². The van der Waals surface area contributed by atoms with Crippen LogP contribution in [-0.2, 0) is 9.53 Å². The Labute approximate surface area is 167 Å². The van der Waals surface area contributed by atoms with E-state index in [2.05, 4.69) is 16.0 Å². The van der Waals surface area contributed by atoms with E-state index < -0.39 is 0 Å². The van der Waals surface area contributed by atoms with Crippen molar-refractivity contribution in [2.45, 2.75) is 19.8 Å². The molecular weight excluding hydrogens is 368 g/mol. The molecule has 0 radical (unpaired) electrons. The van der Waals surface area contributed by atoms with E-state index in [1.54, 1.807) is 7.11 Å². The van der Waals surface area contributed by atoms with Crippen LogP contribution in [-0.4, -0.2) is 63.3 Å². The van der Waals surface area contributed by atoms with Crippen molar-refractivity contribution in [1.82, 2.24) is 15.5 Å². The van der Waals surface area contributed by atoms with E-state index in [1.807, 2.05) is 36.1 Å². The number of ether oxygens (including phenoxy) is 1. The quantitative estimate of drug-likeness (QED) is 0.585. The Kier molecular flexibility index (Phi) is 10.8. The third-order valence-corrected chi connectivity index (χ3v) is 4.49. The number of benzene rings is 1. The SMILES string of the molecule is COCCNCC(=O)N1CCCC(CNC(=O)Nc2ccc(C)cc2)C1.Cl. The zero-order valence-corrected chi connectivity index (χ0v) is 16.9. The number of likely N-dealkylation sites (tertiary alicyclic amines) is 1.